The summed E-state index contributed by atoms with van der Waals surface area (Å²) in [6, 6.07) is 1.84. The SMILES string of the molecule is [2H]c1cc(NC)cc2c1C(=O)N(C1CCC(=O)NC1=O)C2=O. The van der Waals surface area contributed by atoms with Crippen LogP contribution in [0.1, 0.15) is 34.9 Å². The summed E-state index contributed by atoms with van der Waals surface area (Å²) < 4.78 is 7.91. The standard InChI is InChI=1S/C14H13N3O4/c1-15-7-2-3-8-9(6-7)14(21)17(13(8)20)10-4-5-11(18)16-12(10)19/h2-3,6,10,15H,4-5H2,1H3,(H,16,18,19)/i3D. The molecule has 1 fully saturated rings. The monoisotopic (exact) mass is 288 g/mol. The van der Waals surface area contributed by atoms with Crippen molar-refractivity contribution in [2.24, 2.45) is 0 Å². The van der Waals surface area contributed by atoms with Gasteiger partial charge < -0.3 is 5.32 Å². The maximum absolute atomic E-state index is 12.5. The number of carbonyl (C=O) groups excluding carboxylic acids is 4. The lowest BCUT2D eigenvalue weighted by molar-refractivity contribution is -0.136. The van der Waals surface area contributed by atoms with E-state index in [9.17, 15) is 19.2 Å². The van der Waals surface area contributed by atoms with Crippen LogP contribution in [0, 0.1) is 0 Å². The van der Waals surface area contributed by atoms with Crippen molar-refractivity contribution < 1.29 is 20.5 Å². The van der Waals surface area contributed by atoms with Gasteiger partial charge in [0.2, 0.25) is 11.8 Å². The molecule has 3 rings (SSSR count). The quantitative estimate of drug-likeness (QED) is 0.754. The molecular weight excluding hydrogens is 274 g/mol. The van der Waals surface area contributed by atoms with E-state index >= 15 is 0 Å². The third kappa shape index (κ3) is 1.97. The fourth-order valence-electron chi connectivity index (χ4n) is 2.54. The Morgan fingerprint density at radius 1 is 1.29 bits per heavy atom. The molecule has 108 valence electrons. The van der Waals surface area contributed by atoms with Gasteiger partial charge in [-0.15, -0.1) is 0 Å². The largest absolute Gasteiger partial charge is 0.388 e. The molecule has 1 atom stereocenters. The third-order valence-corrected chi connectivity index (χ3v) is 3.63. The number of imide groups is 2. The van der Waals surface area contributed by atoms with E-state index in [-0.39, 0.29) is 30.0 Å². The molecule has 2 aliphatic heterocycles. The molecule has 0 saturated carbocycles. The second-order valence-corrected chi connectivity index (χ2v) is 4.87. The molecule has 1 aromatic carbocycles. The van der Waals surface area contributed by atoms with Gasteiger partial charge in [0.1, 0.15) is 6.04 Å². The number of anilines is 1. The number of fused-ring (bicyclic) bond motifs is 1. The molecule has 2 N–H and O–H groups in total. The van der Waals surface area contributed by atoms with Crippen molar-refractivity contribution in [1.29, 1.82) is 0 Å². The molecule has 1 aromatic rings. The third-order valence-electron chi connectivity index (χ3n) is 3.63. The summed E-state index contributed by atoms with van der Waals surface area (Å²) in [7, 11) is 1.64. The summed E-state index contributed by atoms with van der Waals surface area (Å²) >= 11 is 0. The number of piperidine rings is 1. The summed E-state index contributed by atoms with van der Waals surface area (Å²) in [6.45, 7) is 0. The summed E-state index contributed by atoms with van der Waals surface area (Å²) in [5.74, 6) is -2.36. The maximum Gasteiger partial charge on any atom is 0.262 e. The highest BCUT2D eigenvalue weighted by molar-refractivity contribution is 6.23. The number of amides is 4. The minimum absolute atomic E-state index is 0.00583. The number of hydrogen-bond acceptors (Lipinski definition) is 5. The van der Waals surface area contributed by atoms with Crippen LogP contribution in [0.2, 0.25) is 0 Å². The van der Waals surface area contributed by atoms with Crippen LogP contribution >= 0.6 is 0 Å². The van der Waals surface area contributed by atoms with E-state index in [0.717, 1.165) is 4.90 Å². The van der Waals surface area contributed by atoms with Crippen LogP contribution in [-0.4, -0.2) is 41.6 Å². The Bertz CT molecular complexity index is 731. The topological polar surface area (TPSA) is 95.6 Å². The summed E-state index contributed by atoms with van der Waals surface area (Å²) in [5.41, 5.74) is 0.635. The Balaban J connectivity index is 2.02. The average molecular weight is 288 g/mol. The van der Waals surface area contributed by atoms with E-state index in [1.54, 1.807) is 7.05 Å². The van der Waals surface area contributed by atoms with E-state index in [1.807, 2.05) is 0 Å². The Morgan fingerprint density at radius 3 is 2.67 bits per heavy atom. The Hall–Kier alpha value is -2.70. The van der Waals surface area contributed by atoms with Crippen molar-refractivity contribution in [1.82, 2.24) is 10.2 Å². The first-order valence-electron chi connectivity index (χ1n) is 6.98. The number of hydrogen-bond donors (Lipinski definition) is 2. The molecule has 0 radical (unpaired) electrons. The van der Waals surface area contributed by atoms with Crippen LogP contribution in [0.15, 0.2) is 18.2 Å². The molecule has 0 spiro atoms. The molecular formula is C14H13N3O4. The average Bonchev–Trinajstić information content (AvgIpc) is 2.72. The molecule has 2 aliphatic rings. The fourth-order valence-corrected chi connectivity index (χ4v) is 2.54. The van der Waals surface area contributed by atoms with Gasteiger partial charge >= 0.3 is 0 Å². The number of nitrogens with one attached hydrogen (secondary N) is 2. The lowest BCUT2D eigenvalue weighted by Gasteiger charge is -2.27. The van der Waals surface area contributed by atoms with Crippen molar-refractivity contribution in [2.45, 2.75) is 18.9 Å². The molecule has 1 saturated heterocycles. The van der Waals surface area contributed by atoms with Crippen LogP contribution in [0.25, 0.3) is 0 Å². The van der Waals surface area contributed by atoms with Gasteiger partial charge in [0, 0.05) is 19.2 Å². The lowest BCUT2D eigenvalue weighted by Crippen LogP contribution is -2.54. The summed E-state index contributed by atoms with van der Waals surface area (Å²) in [5, 5.41) is 4.94. The molecule has 2 heterocycles. The van der Waals surface area contributed by atoms with Crippen molar-refractivity contribution in [3.63, 3.8) is 0 Å². The number of benzene rings is 1. The van der Waals surface area contributed by atoms with E-state index < -0.39 is 29.7 Å². The van der Waals surface area contributed by atoms with Gasteiger partial charge in [0.15, 0.2) is 0 Å². The summed E-state index contributed by atoms with van der Waals surface area (Å²) in [6.07, 6.45) is 0.168. The van der Waals surface area contributed by atoms with Gasteiger partial charge in [-0.25, -0.2) is 0 Å². The van der Waals surface area contributed by atoms with Gasteiger partial charge in [0.25, 0.3) is 11.8 Å². The molecule has 7 heteroatoms. The van der Waals surface area contributed by atoms with Crippen LogP contribution in [-0.2, 0) is 9.59 Å². The first kappa shape index (κ1) is 12.1. The zero-order valence-corrected chi connectivity index (χ0v) is 11.2. The van der Waals surface area contributed by atoms with Crippen LogP contribution < -0.4 is 10.6 Å². The van der Waals surface area contributed by atoms with Crippen LogP contribution in [0.5, 0.6) is 0 Å². The molecule has 21 heavy (non-hydrogen) atoms. The van der Waals surface area contributed by atoms with Gasteiger partial charge in [-0.3, -0.25) is 29.4 Å². The predicted molar refractivity (Wildman–Crippen MR) is 72.7 cm³/mol. The van der Waals surface area contributed by atoms with Gasteiger partial charge in [-0.2, -0.15) is 0 Å². The smallest absolute Gasteiger partial charge is 0.262 e. The zero-order valence-electron chi connectivity index (χ0n) is 12.2. The van der Waals surface area contributed by atoms with E-state index in [4.69, 9.17) is 1.37 Å². The first-order valence-corrected chi connectivity index (χ1v) is 6.48. The molecule has 1 unspecified atom stereocenters. The fraction of sp³-hybridized carbons (Fsp3) is 0.286. The van der Waals surface area contributed by atoms with Crippen molar-refractivity contribution in [3.05, 3.63) is 29.3 Å². The van der Waals surface area contributed by atoms with Gasteiger partial charge in [-0.1, -0.05) is 0 Å². The number of rotatable bonds is 2. The normalized spacial score (nSPS) is 22.0. The number of carbonyl (C=O) groups is 4. The first-order chi connectivity index (χ1) is 10.4. The minimum atomic E-state index is -1.01. The Labute approximate surface area is 121 Å². The van der Waals surface area contributed by atoms with Crippen molar-refractivity contribution in [2.75, 3.05) is 12.4 Å². The predicted octanol–water partition coefficient (Wildman–Crippen LogP) is 0.129. The molecule has 0 aliphatic carbocycles. The second-order valence-electron chi connectivity index (χ2n) is 4.87. The van der Waals surface area contributed by atoms with Crippen LogP contribution in [0.3, 0.4) is 0 Å². The molecule has 0 bridgehead atoms. The van der Waals surface area contributed by atoms with Crippen LogP contribution in [0.4, 0.5) is 5.69 Å². The molecule has 4 amide bonds. The molecule has 0 aromatic heterocycles. The minimum Gasteiger partial charge on any atom is -0.388 e. The zero-order chi connectivity index (χ0) is 16.0. The highest BCUT2D eigenvalue weighted by Gasteiger charge is 2.44. The van der Waals surface area contributed by atoms with Crippen molar-refractivity contribution in [3.8, 4) is 0 Å². The summed E-state index contributed by atoms with van der Waals surface area (Å²) in [4.78, 5) is 48.9. The highest BCUT2D eigenvalue weighted by atomic mass is 16.2. The van der Waals surface area contributed by atoms with Crippen molar-refractivity contribution >= 4 is 29.3 Å². The van der Waals surface area contributed by atoms with Gasteiger partial charge in [0.05, 0.1) is 12.5 Å². The van der Waals surface area contributed by atoms with E-state index in [2.05, 4.69) is 10.6 Å². The molecule has 7 nitrogen and oxygen atoms in total. The van der Waals surface area contributed by atoms with E-state index in [1.165, 1.54) is 12.1 Å². The van der Waals surface area contributed by atoms with E-state index in [0.29, 0.717) is 5.69 Å². The lowest BCUT2D eigenvalue weighted by atomic mass is 10.0. The second kappa shape index (κ2) is 4.69. The Morgan fingerprint density at radius 2 is 2.00 bits per heavy atom. The highest BCUT2D eigenvalue weighted by Crippen LogP contribution is 2.29. The maximum atomic E-state index is 12.5. The number of nitrogens with zero attached hydrogens (tertiary/aromatic N) is 1. The Kier molecular flexibility index (Phi) is 2.70. The van der Waals surface area contributed by atoms with Gasteiger partial charge in [-0.05, 0) is 24.6 Å².